The van der Waals surface area contributed by atoms with E-state index in [2.05, 4.69) is 5.32 Å². The van der Waals surface area contributed by atoms with Gasteiger partial charge in [0.05, 0.1) is 12.7 Å². The van der Waals surface area contributed by atoms with Gasteiger partial charge in [0.2, 0.25) is 0 Å². The third-order valence-corrected chi connectivity index (χ3v) is 4.06. The molecule has 1 saturated heterocycles. The van der Waals surface area contributed by atoms with Crippen molar-refractivity contribution in [3.8, 4) is 0 Å². The van der Waals surface area contributed by atoms with Gasteiger partial charge in [-0.25, -0.2) is 0 Å². The van der Waals surface area contributed by atoms with Crippen LogP contribution in [0.25, 0.3) is 0 Å². The summed E-state index contributed by atoms with van der Waals surface area (Å²) >= 11 is 0. The average Bonchev–Trinajstić information content (AvgIpc) is 2.44. The van der Waals surface area contributed by atoms with Crippen molar-refractivity contribution in [1.29, 1.82) is 0 Å². The first-order chi connectivity index (χ1) is 9.53. The topological polar surface area (TPSA) is 30.5 Å². The van der Waals surface area contributed by atoms with Crippen molar-refractivity contribution in [2.24, 2.45) is 5.92 Å². The molecule has 6 heteroatoms. The summed E-state index contributed by atoms with van der Waals surface area (Å²) in [5.41, 5.74) is 0. The molecule has 20 heavy (non-hydrogen) atoms. The van der Waals surface area contributed by atoms with Gasteiger partial charge in [0.1, 0.15) is 6.61 Å². The fraction of sp³-hybridized carbons (Fsp3) is 1.00. The molecule has 3 unspecified atom stereocenters. The summed E-state index contributed by atoms with van der Waals surface area (Å²) in [7, 11) is 0. The first kappa shape index (κ1) is 16.0. The molecule has 0 bridgehead atoms. The van der Waals surface area contributed by atoms with Gasteiger partial charge in [0.15, 0.2) is 0 Å². The predicted molar refractivity (Wildman–Crippen MR) is 69.6 cm³/mol. The summed E-state index contributed by atoms with van der Waals surface area (Å²) in [5, 5.41) is 3.48. The lowest BCUT2D eigenvalue weighted by Crippen LogP contribution is -2.41. The van der Waals surface area contributed by atoms with Crippen molar-refractivity contribution in [1.82, 2.24) is 5.32 Å². The summed E-state index contributed by atoms with van der Waals surface area (Å²) in [5.74, 6) is 0.542. The molecule has 3 atom stereocenters. The fourth-order valence-electron chi connectivity index (χ4n) is 3.00. The SMILES string of the molecule is FC(F)(F)COC1CCCC(NCC2CCCOC2)C1. The minimum Gasteiger partial charge on any atom is -0.381 e. The zero-order valence-electron chi connectivity index (χ0n) is 11.8. The third-order valence-electron chi connectivity index (χ3n) is 4.06. The Bertz CT molecular complexity index is 280. The maximum Gasteiger partial charge on any atom is 0.411 e. The monoisotopic (exact) mass is 295 g/mol. The van der Waals surface area contributed by atoms with E-state index in [1.54, 1.807) is 0 Å². The van der Waals surface area contributed by atoms with E-state index in [-0.39, 0.29) is 12.1 Å². The minimum absolute atomic E-state index is 0.259. The van der Waals surface area contributed by atoms with Crippen molar-refractivity contribution in [3.05, 3.63) is 0 Å². The molecule has 0 aromatic rings. The normalized spacial score (nSPS) is 32.2. The second kappa shape index (κ2) is 7.61. The summed E-state index contributed by atoms with van der Waals surface area (Å²) < 4.78 is 46.8. The van der Waals surface area contributed by atoms with Crippen LogP contribution in [0.5, 0.6) is 0 Å². The molecule has 0 radical (unpaired) electrons. The maximum atomic E-state index is 12.1. The highest BCUT2D eigenvalue weighted by Crippen LogP contribution is 2.24. The average molecular weight is 295 g/mol. The first-order valence-corrected chi connectivity index (χ1v) is 7.52. The van der Waals surface area contributed by atoms with Gasteiger partial charge >= 0.3 is 6.18 Å². The van der Waals surface area contributed by atoms with Gasteiger partial charge in [0, 0.05) is 19.2 Å². The van der Waals surface area contributed by atoms with Crippen molar-refractivity contribution >= 4 is 0 Å². The zero-order valence-corrected chi connectivity index (χ0v) is 11.8. The summed E-state index contributed by atoms with van der Waals surface area (Å²) in [6.45, 7) is 1.43. The van der Waals surface area contributed by atoms with Crippen LogP contribution in [0.3, 0.4) is 0 Å². The maximum absolute atomic E-state index is 12.1. The van der Waals surface area contributed by atoms with E-state index in [9.17, 15) is 13.2 Å². The summed E-state index contributed by atoms with van der Waals surface area (Å²) in [6, 6.07) is 0.281. The van der Waals surface area contributed by atoms with Crippen LogP contribution < -0.4 is 5.32 Å². The number of ether oxygens (including phenoxy) is 2. The molecule has 3 nitrogen and oxygen atoms in total. The van der Waals surface area contributed by atoms with Crippen molar-refractivity contribution < 1.29 is 22.6 Å². The van der Waals surface area contributed by atoms with Gasteiger partial charge < -0.3 is 14.8 Å². The van der Waals surface area contributed by atoms with E-state index in [0.717, 1.165) is 45.4 Å². The smallest absolute Gasteiger partial charge is 0.381 e. The van der Waals surface area contributed by atoms with Gasteiger partial charge in [-0.1, -0.05) is 0 Å². The minimum atomic E-state index is -4.22. The lowest BCUT2D eigenvalue weighted by Gasteiger charge is -2.32. The van der Waals surface area contributed by atoms with Crippen molar-refractivity contribution in [2.45, 2.75) is 56.8 Å². The van der Waals surface area contributed by atoms with Crippen LogP contribution >= 0.6 is 0 Å². The van der Waals surface area contributed by atoms with Crippen LogP contribution in [0.1, 0.15) is 38.5 Å². The highest BCUT2D eigenvalue weighted by Gasteiger charge is 2.31. The van der Waals surface area contributed by atoms with Gasteiger partial charge in [0.25, 0.3) is 0 Å². The molecule has 0 spiro atoms. The fourth-order valence-corrected chi connectivity index (χ4v) is 3.00. The van der Waals surface area contributed by atoms with Gasteiger partial charge in [-0.15, -0.1) is 0 Å². The Hall–Kier alpha value is -0.330. The molecular weight excluding hydrogens is 271 g/mol. The van der Waals surface area contributed by atoms with E-state index in [0.29, 0.717) is 12.3 Å². The molecule has 2 rings (SSSR count). The quantitative estimate of drug-likeness (QED) is 0.846. The number of hydrogen-bond acceptors (Lipinski definition) is 3. The largest absolute Gasteiger partial charge is 0.411 e. The van der Waals surface area contributed by atoms with Crippen LogP contribution in [0, 0.1) is 5.92 Å². The van der Waals surface area contributed by atoms with Gasteiger partial charge in [-0.3, -0.25) is 0 Å². The van der Waals surface area contributed by atoms with E-state index in [4.69, 9.17) is 9.47 Å². The van der Waals surface area contributed by atoms with Gasteiger partial charge in [-0.2, -0.15) is 13.2 Å². The van der Waals surface area contributed by atoms with Crippen LogP contribution in [-0.2, 0) is 9.47 Å². The van der Waals surface area contributed by atoms with E-state index in [1.165, 1.54) is 6.42 Å². The number of hydrogen-bond donors (Lipinski definition) is 1. The van der Waals surface area contributed by atoms with Crippen LogP contribution in [0.2, 0.25) is 0 Å². The molecule has 118 valence electrons. The van der Waals surface area contributed by atoms with Crippen LogP contribution in [0.4, 0.5) is 13.2 Å². The number of alkyl halides is 3. The van der Waals surface area contributed by atoms with Crippen molar-refractivity contribution in [2.75, 3.05) is 26.4 Å². The Kier molecular flexibility index (Phi) is 6.11. The summed E-state index contributed by atoms with van der Waals surface area (Å²) in [6.07, 6.45) is 1.18. The second-order valence-corrected chi connectivity index (χ2v) is 5.90. The molecule has 1 N–H and O–H groups in total. The third kappa shape index (κ3) is 5.97. The molecule has 2 fully saturated rings. The number of nitrogens with one attached hydrogen (secondary N) is 1. The summed E-state index contributed by atoms with van der Waals surface area (Å²) in [4.78, 5) is 0. The predicted octanol–water partition coefficient (Wildman–Crippen LogP) is 2.89. The molecule has 1 aliphatic carbocycles. The van der Waals surface area contributed by atoms with E-state index in [1.807, 2.05) is 0 Å². The lowest BCUT2D eigenvalue weighted by molar-refractivity contribution is -0.188. The Labute approximate surface area is 118 Å². The van der Waals surface area contributed by atoms with Gasteiger partial charge in [-0.05, 0) is 44.4 Å². The molecule has 1 saturated carbocycles. The number of rotatable bonds is 5. The Balaban J connectivity index is 1.64. The molecular formula is C14H24F3NO2. The standard InChI is InChI=1S/C14H24F3NO2/c15-14(16,17)10-20-13-5-1-4-12(7-13)18-8-11-3-2-6-19-9-11/h11-13,18H,1-10H2. The second-order valence-electron chi connectivity index (χ2n) is 5.90. The Morgan fingerprint density at radius 1 is 1.15 bits per heavy atom. The Morgan fingerprint density at radius 3 is 2.70 bits per heavy atom. The Morgan fingerprint density at radius 2 is 2.00 bits per heavy atom. The molecule has 0 aromatic carbocycles. The molecule has 0 aromatic heterocycles. The number of halogens is 3. The van der Waals surface area contributed by atoms with Crippen LogP contribution in [0.15, 0.2) is 0 Å². The highest BCUT2D eigenvalue weighted by molar-refractivity contribution is 4.80. The molecule has 0 amide bonds. The zero-order chi connectivity index (χ0) is 14.4. The van der Waals surface area contributed by atoms with E-state index >= 15 is 0 Å². The van der Waals surface area contributed by atoms with Crippen molar-refractivity contribution in [3.63, 3.8) is 0 Å². The molecule has 1 aliphatic heterocycles. The highest BCUT2D eigenvalue weighted by atomic mass is 19.4. The molecule has 1 heterocycles. The lowest BCUT2D eigenvalue weighted by atomic mass is 9.92. The van der Waals surface area contributed by atoms with Crippen LogP contribution in [-0.4, -0.2) is 44.7 Å². The first-order valence-electron chi connectivity index (χ1n) is 7.52. The van der Waals surface area contributed by atoms with E-state index < -0.39 is 12.8 Å². The molecule has 2 aliphatic rings.